The lowest BCUT2D eigenvalue weighted by molar-refractivity contribution is -0.143. The van der Waals surface area contributed by atoms with E-state index in [2.05, 4.69) is 10.6 Å². The summed E-state index contributed by atoms with van der Waals surface area (Å²) in [5, 5.41) is 14.7. The molecule has 0 saturated carbocycles. The molecule has 0 bridgehead atoms. The normalized spacial score (nSPS) is 13.3. The summed E-state index contributed by atoms with van der Waals surface area (Å²) >= 11 is 0. The summed E-state index contributed by atoms with van der Waals surface area (Å²) in [5.74, 6) is -1.91. The van der Waals surface area contributed by atoms with Gasteiger partial charge in [0.25, 0.3) is 0 Å². The van der Waals surface area contributed by atoms with Gasteiger partial charge in [0.2, 0.25) is 11.8 Å². The number of halogens is 1. The lowest BCUT2D eigenvalue weighted by atomic mass is 9.96. The summed E-state index contributed by atoms with van der Waals surface area (Å²) in [4.78, 5) is 36.3. The minimum Gasteiger partial charge on any atom is -0.480 e. The van der Waals surface area contributed by atoms with E-state index in [0.717, 1.165) is 5.56 Å². The number of carboxylic acid groups (broad SMARTS) is 1. The Kier molecular flexibility index (Phi) is 8.87. The molecule has 2 amide bonds. The fourth-order valence-corrected chi connectivity index (χ4v) is 2.65. The van der Waals surface area contributed by atoms with E-state index in [1.54, 1.807) is 12.1 Å². The number of amides is 2. The molecule has 0 aromatic heterocycles. The van der Waals surface area contributed by atoms with Gasteiger partial charge >= 0.3 is 5.97 Å². The first-order valence-corrected chi connectivity index (χ1v) is 8.88. The molecule has 0 heterocycles. The van der Waals surface area contributed by atoms with Gasteiger partial charge in [-0.15, -0.1) is 0 Å². The minimum atomic E-state index is -1.05. The van der Waals surface area contributed by atoms with E-state index in [-0.39, 0.29) is 49.2 Å². The Bertz CT molecular complexity index is 649. The maximum Gasteiger partial charge on any atom is 0.320 e. The SMILES string of the molecule is CC(=O)NCCN(CC(=O)NC(c1ccc(F)cc1)C(C)C)C(C)C(=O)O. The van der Waals surface area contributed by atoms with Crippen LogP contribution in [0.25, 0.3) is 0 Å². The summed E-state index contributed by atoms with van der Waals surface area (Å²) in [7, 11) is 0. The summed E-state index contributed by atoms with van der Waals surface area (Å²) in [6.45, 7) is 7.06. The number of benzene rings is 1. The third kappa shape index (κ3) is 7.74. The predicted molar refractivity (Wildman–Crippen MR) is 99.5 cm³/mol. The van der Waals surface area contributed by atoms with Crippen LogP contribution in [0.2, 0.25) is 0 Å². The molecule has 1 aromatic carbocycles. The van der Waals surface area contributed by atoms with Gasteiger partial charge in [0.05, 0.1) is 12.6 Å². The first kappa shape index (κ1) is 22.6. The number of carbonyl (C=O) groups excluding carboxylic acids is 2. The van der Waals surface area contributed by atoms with Gasteiger partial charge in [-0.3, -0.25) is 19.3 Å². The summed E-state index contributed by atoms with van der Waals surface area (Å²) in [5.41, 5.74) is 0.774. The Morgan fingerprint density at radius 2 is 1.74 bits per heavy atom. The smallest absolute Gasteiger partial charge is 0.320 e. The topological polar surface area (TPSA) is 98.7 Å². The molecule has 3 N–H and O–H groups in total. The fraction of sp³-hybridized carbons (Fsp3) is 0.526. The van der Waals surface area contributed by atoms with Crippen LogP contribution < -0.4 is 10.6 Å². The van der Waals surface area contributed by atoms with Gasteiger partial charge in [-0.25, -0.2) is 4.39 Å². The van der Waals surface area contributed by atoms with Crippen molar-refractivity contribution in [3.63, 3.8) is 0 Å². The number of nitrogens with one attached hydrogen (secondary N) is 2. The summed E-state index contributed by atoms with van der Waals surface area (Å²) < 4.78 is 13.1. The molecule has 0 aliphatic carbocycles. The Morgan fingerprint density at radius 3 is 2.22 bits per heavy atom. The number of rotatable bonds is 10. The van der Waals surface area contributed by atoms with Crippen LogP contribution in [0.1, 0.15) is 39.3 Å². The van der Waals surface area contributed by atoms with Crippen LogP contribution >= 0.6 is 0 Å². The van der Waals surface area contributed by atoms with Crippen molar-refractivity contribution in [3.8, 4) is 0 Å². The number of nitrogens with zero attached hydrogens (tertiary/aromatic N) is 1. The Hall–Kier alpha value is -2.48. The molecule has 8 heteroatoms. The molecule has 1 aromatic rings. The van der Waals surface area contributed by atoms with Crippen molar-refractivity contribution in [3.05, 3.63) is 35.6 Å². The fourth-order valence-electron chi connectivity index (χ4n) is 2.65. The van der Waals surface area contributed by atoms with Crippen LogP contribution in [-0.4, -0.2) is 53.5 Å². The zero-order valence-corrected chi connectivity index (χ0v) is 16.2. The Balaban J connectivity index is 2.80. The van der Waals surface area contributed by atoms with Crippen molar-refractivity contribution in [1.29, 1.82) is 0 Å². The highest BCUT2D eigenvalue weighted by Crippen LogP contribution is 2.22. The number of carbonyl (C=O) groups is 3. The molecule has 27 heavy (non-hydrogen) atoms. The molecule has 0 fully saturated rings. The molecule has 0 aliphatic heterocycles. The second-order valence-corrected chi connectivity index (χ2v) is 6.81. The van der Waals surface area contributed by atoms with Gasteiger partial charge in [0.15, 0.2) is 0 Å². The molecule has 2 unspecified atom stereocenters. The number of hydrogen-bond acceptors (Lipinski definition) is 4. The zero-order chi connectivity index (χ0) is 20.6. The summed E-state index contributed by atoms with van der Waals surface area (Å²) in [6, 6.07) is 4.71. The molecular weight excluding hydrogens is 353 g/mol. The highest BCUT2D eigenvalue weighted by Gasteiger charge is 2.25. The first-order valence-electron chi connectivity index (χ1n) is 8.88. The van der Waals surface area contributed by atoms with Crippen LogP contribution in [0.4, 0.5) is 4.39 Å². The largest absolute Gasteiger partial charge is 0.480 e. The third-order valence-corrected chi connectivity index (χ3v) is 4.24. The van der Waals surface area contributed by atoms with Crippen molar-refractivity contribution in [2.45, 2.75) is 39.8 Å². The number of carboxylic acids is 1. The second-order valence-electron chi connectivity index (χ2n) is 6.81. The van der Waals surface area contributed by atoms with E-state index < -0.39 is 12.0 Å². The van der Waals surface area contributed by atoms with Gasteiger partial charge in [0.1, 0.15) is 11.9 Å². The average molecular weight is 381 g/mol. The van der Waals surface area contributed by atoms with Crippen molar-refractivity contribution in [2.75, 3.05) is 19.6 Å². The van der Waals surface area contributed by atoms with Gasteiger partial charge in [0, 0.05) is 20.0 Å². The first-order chi connectivity index (χ1) is 12.6. The van der Waals surface area contributed by atoms with E-state index >= 15 is 0 Å². The molecular formula is C19H28FN3O4. The highest BCUT2D eigenvalue weighted by molar-refractivity contribution is 5.80. The monoisotopic (exact) mass is 381 g/mol. The van der Waals surface area contributed by atoms with Crippen LogP contribution in [0.5, 0.6) is 0 Å². The van der Waals surface area contributed by atoms with E-state index in [1.807, 2.05) is 13.8 Å². The Morgan fingerprint density at radius 1 is 1.15 bits per heavy atom. The Labute approximate surface area is 158 Å². The van der Waals surface area contributed by atoms with Crippen molar-refractivity contribution in [1.82, 2.24) is 15.5 Å². The van der Waals surface area contributed by atoms with E-state index in [4.69, 9.17) is 0 Å². The lowest BCUT2D eigenvalue weighted by Crippen LogP contribution is -2.48. The third-order valence-electron chi connectivity index (χ3n) is 4.24. The summed E-state index contributed by atoms with van der Waals surface area (Å²) in [6.07, 6.45) is 0. The zero-order valence-electron chi connectivity index (χ0n) is 16.2. The van der Waals surface area contributed by atoms with Crippen LogP contribution in [-0.2, 0) is 14.4 Å². The standard InChI is InChI=1S/C19H28FN3O4/c1-12(2)18(15-5-7-16(20)8-6-15)22-17(25)11-23(13(3)19(26)27)10-9-21-14(4)24/h5-8,12-13,18H,9-11H2,1-4H3,(H,21,24)(H,22,25)(H,26,27). The quantitative estimate of drug-likeness (QED) is 0.571. The molecule has 150 valence electrons. The predicted octanol–water partition coefficient (Wildman–Crippen LogP) is 1.55. The van der Waals surface area contributed by atoms with Crippen LogP contribution in [0, 0.1) is 11.7 Å². The van der Waals surface area contributed by atoms with Crippen molar-refractivity contribution < 1.29 is 23.9 Å². The van der Waals surface area contributed by atoms with Crippen LogP contribution in [0.15, 0.2) is 24.3 Å². The molecule has 0 radical (unpaired) electrons. The van der Waals surface area contributed by atoms with Gasteiger partial charge < -0.3 is 15.7 Å². The maximum absolute atomic E-state index is 13.1. The van der Waals surface area contributed by atoms with Gasteiger partial charge in [-0.1, -0.05) is 26.0 Å². The molecule has 0 aliphatic rings. The van der Waals surface area contributed by atoms with E-state index in [9.17, 15) is 23.9 Å². The van der Waals surface area contributed by atoms with Gasteiger partial charge in [-0.05, 0) is 30.5 Å². The molecule has 2 atom stereocenters. The minimum absolute atomic E-state index is 0.0594. The van der Waals surface area contributed by atoms with Crippen LogP contribution in [0.3, 0.4) is 0 Å². The average Bonchev–Trinajstić information content (AvgIpc) is 2.58. The maximum atomic E-state index is 13.1. The van der Waals surface area contributed by atoms with Crippen molar-refractivity contribution >= 4 is 17.8 Å². The molecule has 0 saturated heterocycles. The van der Waals surface area contributed by atoms with Crippen molar-refractivity contribution in [2.24, 2.45) is 5.92 Å². The lowest BCUT2D eigenvalue weighted by Gasteiger charge is -2.28. The van der Waals surface area contributed by atoms with Gasteiger partial charge in [-0.2, -0.15) is 0 Å². The molecule has 1 rings (SSSR count). The second kappa shape index (κ2) is 10.6. The highest BCUT2D eigenvalue weighted by atomic mass is 19.1. The van der Waals surface area contributed by atoms with E-state index in [1.165, 1.54) is 30.9 Å². The molecule has 7 nitrogen and oxygen atoms in total. The number of hydrogen-bond donors (Lipinski definition) is 3. The number of aliphatic carboxylic acids is 1. The molecule has 0 spiro atoms. The van der Waals surface area contributed by atoms with E-state index in [0.29, 0.717) is 0 Å².